The second-order valence-corrected chi connectivity index (χ2v) is 8.99. The summed E-state index contributed by atoms with van der Waals surface area (Å²) < 4.78 is 25.2. The largest absolute Gasteiger partial charge is 0.342 e. The molecule has 10 heteroatoms. The van der Waals surface area contributed by atoms with Crippen molar-refractivity contribution in [1.29, 1.82) is 0 Å². The molecule has 1 fully saturated rings. The Kier molecular flexibility index (Phi) is 6.47. The SMILES string of the molecule is Cc1nnc(-c2ccc3cnc(CC(=O)N4CCC(N(C)CC(F)F)CC4)nc3c2)s1. The minimum Gasteiger partial charge on any atom is -0.342 e. The molecule has 31 heavy (non-hydrogen) atoms. The zero-order valence-corrected chi connectivity index (χ0v) is 18.3. The van der Waals surface area contributed by atoms with Crippen LogP contribution in [0.5, 0.6) is 0 Å². The van der Waals surface area contributed by atoms with E-state index in [0.717, 1.165) is 26.5 Å². The third-order valence-electron chi connectivity index (χ3n) is 5.58. The van der Waals surface area contributed by atoms with Gasteiger partial charge < -0.3 is 4.90 Å². The van der Waals surface area contributed by atoms with Crippen LogP contribution < -0.4 is 0 Å². The number of aryl methyl sites for hydroxylation is 1. The normalized spacial score (nSPS) is 15.4. The Morgan fingerprint density at radius 1 is 1.29 bits per heavy atom. The first kappa shape index (κ1) is 21.6. The maximum Gasteiger partial charge on any atom is 0.251 e. The van der Waals surface area contributed by atoms with Crippen molar-refractivity contribution in [2.75, 3.05) is 26.7 Å². The minimum absolute atomic E-state index is 0.0368. The topological polar surface area (TPSA) is 75.1 Å². The Labute approximate surface area is 183 Å². The van der Waals surface area contributed by atoms with E-state index in [9.17, 15) is 13.6 Å². The lowest BCUT2D eigenvalue weighted by Crippen LogP contribution is -2.47. The minimum atomic E-state index is -2.34. The van der Waals surface area contributed by atoms with Gasteiger partial charge in [0.25, 0.3) is 6.43 Å². The number of nitrogens with zero attached hydrogens (tertiary/aromatic N) is 6. The third-order valence-corrected chi connectivity index (χ3v) is 6.47. The second-order valence-electron chi connectivity index (χ2n) is 7.81. The number of aromatic nitrogens is 4. The molecule has 1 saturated heterocycles. The monoisotopic (exact) mass is 446 g/mol. The molecule has 0 bridgehead atoms. The Balaban J connectivity index is 1.41. The van der Waals surface area contributed by atoms with Gasteiger partial charge in [-0.2, -0.15) is 0 Å². The summed E-state index contributed by atoms with van der Waals surface area (Å²) in [5, 5.41) is 10.9. The predicted molar refractivity (Wildman–Crippen MR) is 115 cm³/mol. The van der Waals surface area contributed by atoms with E-state index in [1.54, 1.807) is 23.0 Å². The van der Waals surface area contributed by atoms with Crippen LogP contribution in [-0.2, 0) is 11.2 Å². The number of alkyl halides is 2. The average Bonchev–Trinajstić information content (AvgIpc) is 3.19. The van der Waals surface area contributed by atoms with Gasteiger partial charge in [-0.15, -0.1) is 10.2 Å². The zero-order chi connectivity index (χ0) is 22.0. The van der Waals surface area contributed by atoms with Crippen LogP contribution in [0.15, 0.2) is 24.4 Å². The van der Waals surface area contributed by atoms with Crippen molar-refractivity contribution >= 4 is 28.1 Å². The number of halogens is 2. The number of rotatable bonds is 6. The summed E-state index contributed by atoms with van der Waals surface area (Å²) in [5.41, 5.74) is 1.69. The van der Waals surface area contributed by atoms with Crippen molar-refractivity contribution < 1.29 is 13.6 Å². The molecule has 3 aromatic rings. The molecule has 2 aromatic heterocycles. The number of amides is 1. The standard InChI is InChI=1S/C21H24F2N6OS/c1-13-26-27-21(31-13)14-3-4-15-11-24-19(25-17(15)9-14)10-20(30)29-7-5-16(6-8-29)28(2)12-18(22)23/h3-4,9,11,16,18H,5-8,10,12H2,1-2H3. The molecule has 0 radical (unpaired) electrons. The highest BCUT2D eigenvalue weighted by molar-refractivity contribution is 7.14. The molecule has 164 valence electrons. The van der Waals surface area contributed by atoms with Crippen LogP contribution in [0.1, 0.15) is 23.7 Å². The highest BCUT2D eigenvalue weighted by atomic mass is 32.1. The number of hydrogen-bond acceptors (Lipinski definition) is 7. The van der Waals surface area contributed by atoms with Gasteiger partial charge in [0.15, 0.2) is 0 Å². The fraction of sp³-hybridized carbons (Fsp3) is 0.476. The van der Waals surface area contributed by atoms with E-state index in [1.807, 2.05) is 25.1 Å². The van der Waals surface area contributed by atoms with Gasteiger partial charge in [-0.25, -0.2) is 18.7 Å². The van der Waals surface area contributed by atoms with Gasteiger partial charge in [-0.1, -0.05) is 23.5 Å². The molecule has 4 rings (SSSR count). The van der Waals surface area contributed by atoms with E-state index in [2.05, 4.69) is 20.2 Å². The lowest BCUT2D eigenvalue weighted by atomic mass is 10.0. The van der Waals surface area contributed by atoms with E-state index in [0.29, 0.717) is 31.8 Å². The van der Waals surface area contributed by atoms with Gasteiger partial charge in [0, 0.05) is 36.3 Å². The summed E-state index contributed by atoms with van der Waals surface area (Å²) in [5.74, 6) is 0.435. The zero-order valence-electron chi connectivity index (χ0n) is 17.5. The van der Waals surface area contributed by atoms with Crippen molar-refractivity contribution in [3.63, 3.8) is 0 Å². The van der Waals surface area contributed by atoms with Crippen molar-refractivity contribution in [2.45, 2.75) is 38.7 Å². The first-order valence-electron chi connectivity index (χ1n) is 10.2. The van der Waals surface area contributed by atoms with Gasteiger partial charge in [0.2, 0.25) is 5.91 Å². The van der Waals surface area contributed by atoms with Gasteiger partial charge in [0.1, 0.15) is 15.8 Å². The third kappa shape index (κ3) is 5.19. The van der Waals surface area contributed by atoms with E-state index in [1.165, 1.54) is 11.3 Å². The van der Waals surface area contributed by atoms with E-state index in [-0.39, 0.29) is 24.9 Å². The fourth-order valence-corrected chi connectivity index (χ4v) is 4.55. The number of benzene rings is 1. The highest BCUT2D eigenvalue weighted by Crippen LogP contribution is 2.26. The molecular weight excluding hydrogens is 422 g/mol. The Bertz CT molecular complexity index is 1070. The lowest BCUT2D eigenvalue weighted by Gasteiger charge is -2.36. The van der Waals surface area contributed by atoms with Crippen LogP contribution in [0, 0.1) is 6.92 Å². The van der Waals surface area contributed by atoms with Crippen molar-refractivity contribution in [3.8, 4) is 10.6 Å². The van der Waals surface area contributed by atoms with Crippen LogP contribution in [0.25, 0.3) is 21.5 Å². The molecule has 0 saturated carbocycles. The fourth-order valence-electron chi connectivity index (χ4n) is 3.86. The average molecular weight is 447 g/mol. The number of fused-ring (bicyclic) bond motifs is 1. The molecular formula is C21H24F2N6OS. The highest BCUT2D eigenvalue weighted by Gasteiger charge is 2.26. The molecule has 1 aliphatic heterocycles. The maximum atomic E-state index is 12.7. The van der Waals surface area contributed by atoms with Gasteiger partial charge >= 0.3 is 0 Å². The molecule has 1 aromatic carbocycles. The first-order valence-corrected chi connectivity index (χ1v) is 11.0. The van der Waals surface area contributed by atoms with Crippen LogP contribution in [0.3, 0.4) is 0 Å². The summed E-state index contributed by atoms with van der Waals surface area (Å²) in [6, 6.07) is 5.92. The molecule has 1 aliphatic rings. The first-order chi connectivity index (χ1) is 14.9. The molecule has 0 atom stereocenters. The van der Waals surface area contributed by atoms with Crippen molar-refractivity contribution in [3.05, 3.63) is 35.2 Å². The summed E-state index contributed by atoms with van der Waals surface area (Å²) in [6.07, 6.45) is 0.892. The van der Waals surface area contributed by atoms with Gasteiger partial charge in [-0.05, 0) is 32.9 Å². The van der Waals surface area contributed by atoms with Gasteiger partial charge in [-0.3, -0.25) is 9.69 Å². The van der Waals surface area contributed by atoms with Crippen molar-refractivity contribution in [1.82, 2.24) is 30.0 Å². The summed E-state index contributed by atoms with van der Waals surface area (Å²) in [4.78, 5) is 25.1. The molecule has 0 aliphatic carbocycles. The molecule has 0 N–H and O–H groups in total. The van der Waals surface area contributed by atoms with E-state index in [4.69, 9.17) is 0 Å². The second kappa shape index (κ2) is 9.27. The lowest BCUT2D eigenvalue weighted by molar-refractivity contribution is -0.132. The summed E-state index contributed by atoms with van der Waals surface area (Å²) in [6.45, 7) is 2.80. The van der Waals surface area contributed by atoms with Gasteiger partial charge in [0.05, 0.1) is 18.5 Å². The van der Waals surface area contributed by atoms with E-state index >= 15 is 0 Å². The number of likely N-dealkylation sites (tertiary alicyclic amines) is 1. The molecule has 0 unspecified atom stereocenters. The quantitative estimate of drug-likeness (QED) is 0.579. The smallest absolute Gasteiger partial charge is 0.251 e. The molecule has 7 nitrogen and oxygen atoms in total. The summed E-state index contributed by atoms with van der Waals surface area (Å²) in [7, 11) is 1.72. The van der Waals surface area contributed by atoms with Crippen molar-refractivity contribution in [2.24, 2.45) is 0 Å². The maximum absolute atomic E-state index is 12.7. The van der Waals surface area contributed by atoms with Crippen LogP contribution in [0.2, 0.25) is 0 Å². The summed E-state index contributed by atoms with van der Waals surface area (Å²) >= 11 is 1.52. The molecule has 0 spiro atoms. The van der Waals surface area contributed by atoms with Crippen LogP contribution in [-0.4, -0.2) is 75.0 Å². The number of carbonyl (C=O) groups excluding carboxylic acids is 1. The van der Waals surface area contributed by atoms with Crippen LogP contribution in [0.4, 0.5) is 8.78 Å². The number of piperidine rings is 1. The van der Waals surface area contributed by atoms with E-state index < -0.39 is 6.43 Å². The Hall–Kier alpha value is -2.59. The van der Waals surface area contributed by atoms with Crippen LogP contribution >= 0.6 is 11.3 Å². The predicted octanol–water partition coefficient (Wildman–Crippen LogP) is 3.19. The molecule has 3 heterocycles. The Morgan fingerprint density at radius 3 is 2.74 bits per heavy atom. The number of carbonyl (C=O) groups is 1. The Morgan fingerprint density at radius 2 is 2.06 bits per heavy atom. The number of hydrogen-bond donors (Lipinski definition) is 0. The molecule has 1 amide bonds.